The van der Waals surface area contributed by atoms with Gasteiger partial charge in [0.2, 0.25) is 0 Å². The fraction of sp³-hybridized carbons (Fsp3) is 0.625. The summed E-state index contributed by atoms with van der Waals surface area (Å²) in [4.78, 5) is 16.8. The number of thioether (sulfide) groups is 1. The summed E-state index contributed by atoms with van der Waals surface area (Å²) in [7, 11) is 0. The van der Waals surface area contributed by atoms with Gasteiger partial charge in [0.05, 0.1) is 5.60 Å². The van der Waals surface area contributed by atoms with E-state index in [0.717, 1.165) is 38.0 Å². The van der Waals surface area contributed by atoms with Crippen molar-refractivity contribution in [1.29, 1.82) is 0 Å². The van der Waals surface area contributed by atoms with Gasteiger partial charge in [0.15, 0.2) is 0 Å². The number of rotatable bonds is 3. The maximum absolute atomic E-state index is 12.5. The molecule has 2 saturated heterocycles. The highest BCUT2D eigenvalue weighted by atomic mass is 32.2. The van der Waals surface area contributed by atoms with Gasteiger partial charge in [0, 0.05) is 30.8 Å². The van der Waals surface area contributed by atoms with Crippen LogP contribution in [-0.2, 0) is 16.0 Å². The molecule has 108 valence electrons. The number of carbonyl (C=O) groups excluding carboxylic acids is 1. The highest BCUT2D eigenvalue weighted by Gasteiger charge is 2.40. The molecule has 0 bridgehead atoms. The number of carbonyl (C=O) groups is 1. The number of hydrogen-bond acceptors (Lipinski definition) is 4. The lowest BCUT2D eigenvalue weighted by atomic mass is 9.79. The second-order valence-electron chi connectivity index (χ2n) is 5.80. The predicted octanol–water partition coefficient (Wildman–Crippen LogP) is 2.89. The van der Waals surface area contributed by atoms with Crippen LogP contribution in [0, 0.1) is 5.92 Å². The maximum Gasteiger partial charge on any atom is 0.142 e. The minimum atomic E-state index is -0.00601. The summed E-state index contributed by atoms with van der Waals surface area (Å²) < 4.78 is 6.06. The highest BCUT2D eigenvalue weighted by Crippen LogP contribution is 2.40. The third kappa shape index (κ3) is 3.23. The van der Waals surface area contributed by atoms with Crippen LogP contribution >= 0.6 is 11.8 Å². The minimum Gasteiger partial charge on any atom is -0.375 e. The lowest BCUT2D eigenvalue weighted by Crippen LogP contribution is -2.44. The zero-order valence-corrected chi connectivity index (χ0v) is 12.5. The van der Waals surface area contributed by atoms with Crippen molar-refractivity contribution in [2.45, 2.75) is 37.7 Å². The lowest BCUT2D eigenvalue weighted by Gasteiger charge is -2.42. The second-order valence-corrected chi connectivity index (χ2v) is 7.02. The van der Waals surface area contributed by atoms with Crippen molar-refractivity contribution in [3.05, 3.63) is 30.1 Å². The summed E-state index contributed by atoms with van der Waals surface area (Å²) in [6.45, 7) is 0.739. The first-order chi connectivity index (χ1) is 9.77. The van der Waals surface area contributed by atoms with Crippen LogP contribution in [0.3, 0.4) is 0 Å². The van der Waals surface area contributed by atoms with Gasteiger partial charge in [-0.25, -0.2) is 0 Å². The Morgan fingerprint density at radius 1 is 1.40 bits per heavy atom. The molecule has 0 saturated carbocycles. The molecule has 3 rings (SSSR count). The fourth-order valence-corrected chi connectivity index (χ4v) is 4.46. The summed E-state index contributed by atoms with van der Waals surface area (Å²) in [6, 6.07) is 5.76. The normalized spacial score (nSPS) is 25.5. The van der Waals surface area contributed by atoms with Crippen LogP contribution in [0.2, 0.25) is 0 Å². The molecule has 1 spiro atoms. The summed E-state index contributed by atoms with van der Waals surface area (Å²) in [5.41, 5.74) is 0.880. The highest BCUT2D eigenvalue weighted by molar-refractivity contribution is 7.99. The molecule has 2 aliphatic heterocycles. The van der Waals surface area contributed by atoms with Crippen LogP contribution in [0.15, 0.2) is 24.4 Å². The van der Waals surface area contributed by atoms with E-state index in [2.05, 4.69) is 4.98 Å². The summed E-state index contributed by atoms with van der Waals surface area (Å²) in [6.07, 6.45) is 6.22. The predicted molar refractivity (Wildman–Crippen MR) is 80.9 cm³/mol. The molecule has 2 aliphatic rings. The van der Waals surface area contributed by atoms with Gasteiger partial charge in [-0.2, -0.15) is 11.8 Å². The number of Topliss-reactive ketones (excluding diaryl/α,β-unsaturated/α-hetero) is 1. The van der Waals surface area contributed by atoms with Gasteiger partial charge in [-0.1, -0.05) is 6.07 Å². The lowest BCUT2D eigenvalue weighted by molar-refractivity contribution is -0.137. The van der Waals surface area contributed by atoms with Gasteiger partial charge < -0.3 is 4.74 Å². The molecule has 1 unspecified atom stereocenters. The average Bonchev–Trinajstić information content (AvgIpc) is 2.49. The zero-order chi connectivity index (χ0) is 13.8. The van der Waals surface area contributed by atoms with Crippen LogP contribution in [0.1, 0.15) is 31.4 Å². The van der Waals surface area contributed by atoms with Crippen molar-refractivity contribution in [2.24, 2.45) is 5.92 Å². The Morgan fingerprint density at radius 3 is 3.00 bits per heavy atom. The van der Waals surface area contributed by atoms with E-state index in [4.69, 9.17) is 4.74 Å². The largest absolute Gasteiger partial charge is 0.375 e. The Balaban J connectivity index is 1.63. The van der Waals surface area contributed by atoms with Gasteiger partial charge >= 0.3 is 0 Å². The van der Waals surface area contributed by atoms with Gasteiger partial charge in [-0.15, -0.1) is 0 Å². The SMILES string of the molecule is O=C(Cc1ccccn1)C1CCOC2(CCSCC2)C1. The first-order valence-electron chi connectivity index (χ1n) is 7.42. The molecule has 3 nitrogen and oxygen atoms in total. The number of pyridine rings is 1. The van der Waals surface area contributed by atoms with Crippen LogP contribution in [0.25, 0.3) is 0 Å². The van der Waals surface area contributed by atoms with Crippen LogP contribution in [0.4, 0.5) is 0 Å². The minimum absolute atomic E-state index is 0.00601. The molecule has 0 radical (unpaired) electrons. The van der Waals surface area contributed by atoms with Crippen molar-refractivity contribution in [3.8, 4) is 0 Å². The van der Waals surface area contributed by atoms with Crippen molar-refractivity contribution in [2.75, 3.05) is 18.1 Å². The average molecular weight is 291 g/mol. The molecule has 2 fully saturated rings. The van der Waals surface area contributed by atoms with Crippen LogP contribution < -0.4 is 0 Å². The zero-order valence-electron chi connectivity index (χ0n) is 11.7. The monoisotopic (exact) mass is 291 g/mol. The number of aromatic nitrogens is 1. The number of nitrogens with zero attached hydrogens (tertiary/aromatic N) is 1. The van der Waals surface area contributed by atoms with Crippen LogP contribution in [0.5, 0.6) is 0 Å². The van der Waals surface area contributed by atoms with Gasteiger partial charge in [-0.3, -0.25) is 9.78 Å². The van der Waals surface area contributed by atoms with E-state index in [1.54, 1.807) is 6.20 Å². The van der Waals surface area contributed by atoms with E-state index in [-0.39, 0.29) is 11.5 Å². The van der Waals surface area contributed by atoms with Gasteiger partial charge in [0.1, 0.15) is 5.78 Å². The number of ketones is 1. The number of hydrogen-bond donors (Lipinski definition) is 0. The Labute approximate surface area is 124 Å². The molecule has 1 aromatic rings. The molecule has 4 heteroatoms. The molecule has 0 aliphatic carbocycles. The fourth-order valence-electron chi connectivity index (χ4n) is 3.22. The van der Waals surface area contributed by atoms with E-state index in [1.807, 2.05) is 30.0 Å². The molecule has 1 aromatic heterocycles. The van der Waals surface area contributed by atoms with E-state index >= 15 is 0 Å². The molecule has 1 atom stereocenters. The van der Waals surface area contributed by atoms with Gasteiger partial charge in [0.25, 0.3) is 0 Å². The third-order valence-electron chi connectivity index (χ3n) is 4.43. The molecular weight excluding hydrogens is 270 g/mol. The summed E-state index contributed by atoms with van der Waals surface area (Å²) >= 11 is 2.00. The smallest absolute Gasteiger partial charge is 0.142 e. The quantitative estimate of drug-likeness (QED) is 0.858. The molecular formula is C16H21NO2S. The number of ether oxygens (including phenoxy) is 1. The summed E-state index contributed by atoms with van der Waals surface area (Å²) in [5.74, 6) is 2.83. The Bertz CT molecular complexity index is 451. The van der Waals surface area contributed by atoms with Crippen molar-refractivity contribution in [3.63, 3.8) is 0 Å². The first kappa shape index (κ1) is 14.1. The topological polar surface area (TPSA) is 39.2 Å². The van der Waals surface area contributed by atoms with Crippen molar-refractivity contribution < 1.29 is 9.53 Å². The molecule has 0 aromatic carbocycles. The Morgan fingerprint density at radius 2 is 2.25 bits per heavy atom. The van der Waals surface area contributed by atoms with Crippen molar-refractivity contribution >= 4 is 17.5 Å². The first-order valence-corrected chi connectivity index (χ1v) is 8.57. The molecule has 0 amide bonds. The molecule has 3 heterocycles. The Kier molecular flexibility index (Phi) is 4.41. The molecule has 0 N–H and O–H groups in total. The van der Waals surface area contributed by atoms with E-state index in [1.165, 1.54) is 11.5 Å². The van der Waals surface area contributed by atoms with E-state index in [9.17, 15) is 4.79 Å². The Hall–Kier alpha value is -0.870. The summed E-state index contributed by atoms with van der Waals surface area (Å²) in [5, 5.41) is 0. The van der Waals surface area contributed by atoms with Crippen LogP contribution in [-0.4, -0.2) is 34.5 Å². The van der Waals surface area contributed by atoms with Crippen molar-refractivity contribution in [1.82, 2.24) is 4.98 Å². The van der Waals surface area contributed by atoms with E-state index < -0.39 is 0 Å². The maximum atomic E-state index is 12.5. The standard InChI is InChI=1S/C16H21NO2S/c18-15(11-14-3-1-2-7-17-14)13-4-8-19-16(12-13)5-9-20-10-6-16/h1-3,7,13H,4-6,8-12H2. The van der Waals surface area contributed by atoms with Gasteiger partial charge in [-0.05, 0) is 49.3 Å². The molecule has 20 heavy (non-hydrogen) atoms. The van der Waals surface area contributed by atoms with E-state index in [0.29, 0.717) is 12.2 Å². The third-order valence-corrected chi connectivity index (χ3v) is 5.42. The second kappa shape index (κ2) is 6.27.